The maximum absolute atomic E-state index is 15.1. The molecule has 0 bridgehead atoms. The molecule has 2 aromatic carbocycles. The van der Waals surface area contributed by atoms with Crippen molar-refractivity contribution in [2.45, 2.75) is 6.92 Å². The molecule has 0 saturated heterocycles. The van der Waals surface area contributed by atoms with E-state index in [0.29, 0.717) is 21.8 Å². The fourth-order valence-electron chi connectivity index (χ4n) is 2.53. The quantitative estimate of drug-likeness (QED) is 0.335. The van der Waals surface area contributed by atoms with Crippen LogP contribution in [0.15, 0.2) is 28.8 Å². The minimum absolute atomic E-state index is 0.0270. The first-order valence-electron chi connectivity index (χ1n) is 8.07. The van der Waals surface area contributed by atoms with Gasteiger partial charge in [0.25, 0.3) is 5.91 Å². The fourth-order valence-corrected chi connectivity index (χ4v) is 2.81. The third-order valence-corrected chi connectivity index (χ3v) is 4.18. The van der Waals surface area contributed by atoms with Gasteiger partial charge in [0.1, 0.15) is 7.85 Å². The highest BCUT2D eigenvalue weighted by atomic mass is 35.5. The van der Waals surface area contributed by atoms with Crippen LogP contribution in [0.1, 0.15) is 16.1 Å². The Hall–Kier alpha value is -2.62. The predicted molar refractivity (Wildman–Crippen MR) is 102 cm³/mol. The Morgan fingerprint density at radius 2 is 2.22 bits per heavy atom. The number of hydrogen-bond acceptors (Lipinski definition) is 6. The number of anilines is 2. The normalized spacial score (nSPS) is 11.0. The zero-order valence-electron chi connectivity index (χ0n) is 14.6. The van der Waals surface area contributed by atoms with Gasteiger partial charge in [-0.1, -0.05) is 28.3 Å². The molecule has 0 unspecified atom stereocenters. The largest absolute Gasteiger partial charge is 0.394 e. The van der Waals surface area contributed by atoms with E-state index in [1.54, 1.807) is 25.1 Å². The number of amides is 1. The number of aryl methyl sites for hydroxylation is 1. The Labute approximate surface area is 159 Å². The van der Waals surface area contributed by atoms with Gasteiger partial charge in [-0.15, -0.1) is 0 Å². The van der Waals surface area contributed by atoms with Gasteiger partial charge in [0.15, 0.2) is 5.82 Å². The van der Waals surface area contributed by atoms with Crippen LogP contribution in [-0.4, -0.2) is 37.2 Å². The number of nitrogens with zero attached hydrogens (tertiary/aromatic N) is 1. The van der Waals surface area contributed by atoms with Crippen molar-refractivity contribution in [1.29, 1.82) is 0 Å². The molecule has 10 heteroatoms. The van der Waals surface area contributed by atoms with Crippen LogP contribution < -0.4 is 16.3 Å². The second kappa shape index (κ2) is 7.95. The molecule has 3 aromatic rings. The van der Waals surface area contributed by atoms with Crippen molar-refractivity contribution in [1.82, 2.24) is 10.6 Å². The maximum Gasteiger partial charge on any atom is 0.277 e. The number of aliphatic hydroxyl groups excluding tert-OH is 1. The Kier molecular flexibility index (Phi) is 5.64. The number of rotatable bonds is 6. The fraction of sp³-hybridized carbons (Fsp3) is 0.176. The summed E-state index contributed by atoms with van der Waals surface area (Å²) >= 11 is 6.21. The SMILES string of the molecule is Bc1ccc(Nc2c(C(=O)NOCCO)cc3c(C)noc3c2F)c(Cl)c1. The standard InChI is InChI=1S/C17H16BClFN3O4/c1-8-10-7-11(17(25)23-26-5-4-24)15(14(20)16(10)27-22-8)21-13-3-2-9(18)6-12(13)19/h2-3,6-7,21,24H,4-5,18H2,1H3,(H,23,25). The lowest BCUT2D eigenvalue weighted by Crippen LogP contribution is -2.26. The average molecular weight is 392 g/mol. The van der Waals surface area contributed by atoms with Crippen molar-refractivity contribution in [3.8, 4) is 0 Å². The van der Waals surface area contributed by atoms with Crippen molar-refractivity contribution in [2.24, 2.45) is 0 Å². The van der Waals surface area contributed by atoms with Crippen LogP contribution in [0.2, 0.25) is 5.02 Å². The van der Waals surface area contributed by atoms with Crippen LogP contribution in [-0.2, 0) is 4.84 Å². The summed E-state index contributed by atoms with van der Waals surface area (Å²) in [5, 5.41) is 16.1. The number of carbonyl (C=O) groups is 1. The molecule has 0 radical (unpaired) electrons. The molecule has 0 aliphatic rings. The van der Waals surface area contributed by atoms with Crippen molar-refractivity contribution >= 4 is 53.2 Å². The van der Waals surface area contributed by atoms with Crippen LogP contribution >= 0.6 is 11.6 Å². The minimum atomic E-state index is -0.781. The smallest absolute Gasteiger partial charge is 0.277 e. The maximum atomic E-state index is 15.1. The van der Waals surface area contributed by atoms with Gasteiger partial charge < -0.3 is 14.9 Å². The highest BCUT2D eigenvalue weighted by Crippen LogP contribution is 2.34. The summed E-state index contributed by atoms with van der Waals surface area (Å²) in [6, 6.07) is 6.64. The first kappa shape index (κ1) is 19.2. The second-order valence-electron chi connectivity index (χ2n) is 5.87. The van der Waals surface area contributed by atoms with Crippen LogP contribution in [0.4, 0.5) is 15.8 Å². The second-order valence-corrected chi connectivity index (χ2v) is 6.28. The third-order valence-electron chi connectivity index (χ3n) is 3.87. The van der Waals surface area contributed by atoms with E-state index >= 15 is 4.39 Å². The van der Waals surface area contributed by atoms with Gasteiger partial charge in [-0.25, -0.2) is 9.87 Å². The molecule has 1 aromatic heterocycles. The summed E-state index contributed by atoms with van der Waals surface area (Å²) in [4.78, 5) is 17.3. The predicted octanol–water partition coefficient (Wildman–Crippen LogP) is 1.58. The summed E-state index contributed by atoms with van der Waals surface area (Å²) in [6.45, 7) is 1.26. The number of benzene rings is 2. The van der Waals surface area contributed by atoms with E-state index in [4.69, 9.17) is 26.1 Å². The molecule has 1 heterocycles. The number of fused-ring (bicyclic) bond motifs is 1. The first-order chi connectivity index (χ1) is 12.9. The number of aromatic nitrogens is 1. The van der Waals surface area contributed by atoms with Gasteiger partial charge in [0, 0.05) is 5.39 Å². The van der Waals surface area contributed by atoms with Gasteiger partial charge in [-0.05, 0) is 25.1 Å². The summed E-state index contributed by atoms with van der Waals surface area (Å²) < 4.78 is 20.1. The lowest BCUT2D eigenvalue weighted by atomic mass is 9.96. The Balaban J connectivity index is 2.09. The van der Waals surface area contributed by atoms with Gasteiger partial charge in [-0.2, -0.15) is 0 Å². The summed E-state index contributed by atoms with van der Waals surface area (Å²) in [5.41, 5.74) is 3.72. The molecule has 0 spiro atoms. The molecule has 0 aliphatic carbocycles. The molecule has 140 valence electrons. The highest BCUT2D eigenvalue weighted by Gasteiger charge is 2.23. The molecule has 0 aliphatic heterocycles. The topological polar surface area (TPSA) is 96.6 Å². The molecule has 27 heavy (non-hydrogen) atoms. The van der Waals surface area contributed by atoms with Crippen LogP contribution in [0.5, 0.6) is 0 Å². The lowest BCUT2D eigenvalue weighted by molar-refractivity contribution is 0.0169. The van der Waals surface area contributed by atoms with Gasteiger partial charge in [-0.3, -0.25) is 9.63 Å². The molecule has 1 amide bonds. The Morgan fingerprint density at radius 3 is 2.93 bits per heavy atom. The number of nitrogens with one attached hydrogen (secondary N) is 2. The number of hydrogen-bond donors (Lipinski definition) is 3. The molecule has 3 rings (SSSR count). The van der Waals surface area contributed by atoms with E-state index in [9.17, 15) is 4.79 Å². The number of carbonyl (C=O) groups excluding carboxylic acids is 1. The van der Waals surface area contributed by atoms with Crippen LogP contribution in [0.25, 0.3) is 11.0 Å². The molecule has 7 nitrogen and oxygen atoms in total. The zero-order valence-corrected chi connectivity index (χ0v) is 15.4. The summed E-state index contributed by atoms with van der Waals surface area (Å²) in [6.07, 6.45) is 0. The van der Waals surface area contributed by atoms with E-state index in [1.165, 1.54) is 6.07 Å². The molecule has 3 N–H and O–H groups in total. The first-order valence-corrected chi connectivity index (χ1v) is 8.44. The molecular formula is C17H16BClFN3O4. The molecule has 0 atom stereocenters. The Bertz CT molecular complexity index is 1010. The third kappa shape index (κ3) is 3.90. The van der Waals surface area contributed by atoms with Crippen molar-refractivity contribution in [3.63, 3.8) is 0 Å². The van der Waals surface area contributed by atoms with E-state index in [2.05, 4.69) is 16.0 Å². The van der Waals surface area contributed by atoms with Crippen molar-refractivity contribution in [2.75, 3.05) is 18.5 Å². The number of hydroxylamine groups is 1. The minimum Gasteiger partial charge on any atom is -0.394 e. The van der Waals surface area contributed by atoms with Crippen molar-refractivity contribution < 1.29 is 23.7 Å². The average Bonchev–Trinajstić information content (AvgIpc) is 3.00. The van der Waals surface area contributed by atoms with Crippen LogP contribution in [0, 0.1) is 12.7 Å². The van der Waals surface area contributed by atoms with Gasteiger partial charge in [0.05, 0.1) is 40.9 Å². The van der Waals surface area contributed by atoms with Gasteiger partial charge in [0.2, 0.25) is 5.58 Å². The monoisotopic (exact) mass is 391 g/mol. The summed E-state index contributed by atoms with van der Waals surface area (Å²) in [7, 11) is 1.87. The van der Waals surface area contributed by atoms with E-state index in [1.807, 2.05) is 7.85 Å². The van der Waals surface area contributed by atoms with Gasteiger partial charge >= 0.3 is 0 Å². The van der Waals surface area contributed by atoms with Crippen LogP contribution in [0.3, 0.4) is 0 Å². The number of halogens is 2. The van der Waals surface area contributed by atoms with E-state index in [-0.39, 0.29) is 30.0 Å². The zero-order chi connectivity index (χ0) is 19.6. The molecule has 0 saturated carbocycles. The van der Waals surface area contributed by atoms with Crippen molar-refractivity contribution in [3.05, 3.63) is 46.4 Å². The summed E-state index contributed by atoms with van der Waals surface area (Å²) in [5.74, 6) is -1.48. The molecular weight excluding hydrogens is 375 g/mol. The highest BCUT2D eigenvalue weighted by molar-refractivity contribution is 6.37. The molecule has 0 fully saturated rings. The Morgan fingerprint density at radius 1 is 1.44 bits per heavy atom. The number of aliphatic hydroxyl groups is 1. The van der Waals surface area contributed by atoms with E-state index < -0.39 is 11.7 Å². The van der Waals surface area contributed by atoms with E-state index in [0.717, 1.165) is 5.46 Å². The lowest BCUT2D eigenvalue weighted by Gasteiger charge is -2.15.